The zero-order valence-electron chi connectivity index (χ0n) is 6.90. The number of hydrogen-bond acceptors (Lipinski definition) is 2. The van der Waals surface area contributed by atoms with Gasteiger partial charge in [0.1, 0.15) is 0 Å². The smallest absolute Gasteiger partial charge is 0.312 e. The molecule has 3 nitrogen and oxygen atoms in total. The lowest BCUT2D eigenvalue weighted by Crippen LogP contribution is -2.30. The standard InChI is InChI=1S/C10H9NO2/c12-10(13)8-7-5-3-1-2-4-6(5)11-9(7)8/h1-4,6,8-9,11H,(H,12,13). The van der Waals surface area contributed by atoms with Crippen molar-refractivity contribution in [3.8, 4) is 0 Å². The SMILES string of the molecule is O=C(O)C1C2=C3C=CC=CC3NC21. The van der Waals surface area contributed by atoms with Crippen LogP contribution in [-0.2, 0) is 4.79 Å². The number of carbonyl (C=O) groups is 1. The molecule has 0 radical (unpaired) electrons. The molecule has 66 valence electrons. The fourth-order valence-corrected chi connectivity index (χ4v) is 2.24. The molecule has 0 spiro atoms. The maximum absolute atomic E-state index is 10.7. The van der Waals surface area contributed by atoms with Gasteiger partial charge in [-0.15, -0.1) is 0 Å². The Morgan fingerprint density at radius 3 is 3.08 bits per heavy atom. The summed E-state index contributed by atoms with van der Waals surface area (Å²) < 4.78 is 0. The number of carboxylic acids is 1. The van der Waals surface area contributed by atoms with Gasteiger partial charge in [-0.2, -0.15) is 0 Å². The summed E-state index contributed by atoms with van der Waals surface area (Å²) in [7, 11) is 0. The Balaban J connectivity index is 2.00. The molecule has 3 aliphatic rings. The first-order valence-corrected chi connectivity index (χ1v) is 4.37. The number of fused-ring (bicyclic) bond motifs is 2. The summed E-state index contributed by atoms with van der Waals surface area (Å²) in [6, 6.07) is 0.366. The van der Waals surface area contributed by atoms with Gasteiger partial charge in [0.2, 0.25) is 0 Å². The van der Waals surface area contributed by atoms with Crippen molar-refractivity contribution in [1.82, 2.24) is 5.32 Å². The molecule has 0 saturated heterocycles. The number of rotatable bonds is 1. The first-order chi connectivity index (χ1) is 6.29. The van der Waals surface area contributed by atoms with E-state index < -0.39 is 5.97 Å². The van der Waals surface area contributed by atoms with Crippen molar-refractivity contribution in [2.24, 2.45) is 5.92 Å². The third-order valence-corrected chi connectivity index (χ3v) is 2.88. The van der Waals surface area contributed by atoms with Crippen LogP contribution in [0, 0.1) is 5.92 Å². The van der Waals surface area contributed by atoms with Crippen LogP contribution in [0.15, 0.2) is 35.5 Å². The Morgan fingerprint density at radius 2 is 2.31 bits per heavy atom. The Bertz CT molecular complexity index is 378. The predicted octanol–water partition coefficient (Wildman–Crippen LogP) is 0.464. The van der Waals surface area contributed by atoms with Crippen molar-refractivity contribution < 1.29 is 9.90 Å². The highest BCUT2D eigenvalue weighted by Crippen LogP contribution is 2.48. The lowest BCUT2D eigenvalue weighted by molar-refractivity contribution is -0.138. The molecule has 0 aromatic heterocycles. The van der Waals surface area contributed by atoms with Crippen molar-refractivity contribution in [3.05, 3.63) is 35.5 Å². The highest BCUT2D eigenvalue weighted by Gasteiger charge is 2.56. The van der Waals surface area contributed by atoms with Crippen LogP contribution in [0.3, 0.4) is 0 Å². The molecule has 2 N–H and O–H groups in total. The van der Waals surface area contributed by atoms with Crippen LogP contribution < -0.4 is 5.32 Å². The van der Waals surface area contributed by atoms with Crippen LogP contribution >= 0.6 is 0 Å². The van der Waals surface area contributed by atoms with E-state index in [1.807, 2.05) is 18.2 Å². The van der Waals surface area contributed by atoms with Gasteiger partial charge in [-0.25, -0.2) is 0 Å². The van der Waals surface area contributed by atoms with Gasteiger partial charge in [-0.3, -0.25) is 10.1 Å². The van der Waals surface area contributed by atoms with Gasteiger partial charge < -0.3 is 5.11 Å². The van der Waals surface area contributed by atoms with Gasteiger partial charge in [0.05, 0.1) is 12.0 Å². The van der Waals surface area contributed by atoms with Crippen molar-refractivity contribution in [2.75, 3.05) is 0 Å². The first kappa shape index (κ1) is 7.09. The van der Waals surface area contributed by atoms with E-state index in [2.05, 4.69) is 11.4 Å². The minimum Gasteiger partial charge on any atom is -0.481 e. The van der Waals surface area contributed by atoms with Crippen LogP contribution in [0.5, 0.6) is 0 Å². The molecular weight excluding hydrogens is 166 g/mol. The van der Waals surface area contributed by atoms with Crippen molar-refractivity contribution in [1.29, 1.82) is 0 Å². The molecule has 3 rings (SSSR count). The Morgan fingerprint density at radius 1 is 1.46 bits per heavy atom. The van der Waals surface area contributed by atoms with Crippen LogP contribution in [0.4, 0.5) is 0 Å². The van der Waals surface area contributed by atoms with Crippen LogP contribution in [0.1, 0.15) is 0 Å². The molecule has 1 heterocycles. The molecule has 0 aromatic rings. The average Bonchev–Trinajstić information content (AvgIpc) is 2.71. The van der Waals surface area contributed by atoms with Gasteiger partial charge >= 0.3 is 5.97 Å². The van der Waals surface area contributed by atoms with Crippen molar-refractivity contribution in [2.45, 2.75) is 12.1 Å². The van der Waals surface area contributed by atoms with Crippen LogP contribution in [0.25, 0.3) is 0 Å². The van der Waals surface area contributed by atoms with E-state index >= 15 is 0 Å². The second-order valence-corrected chi connectivity index (χ2v) is 3.59. The number of hydrogen-bond donors (Lipinski definition) is 2. The molecule has 0 amide bonds. The van der Waals surface area contributed by atoms with E-state index in [1.54, 1.807) is 0 Å². The summed E-state index contributed by atoms with van der Waals surface area (Å²) in [5.41, 5.74) is 2.25. The summed E-state index contributed by atoms with van der Waals surface area (Å²) in [6.45, 7) is 0. The molecule has 0 bridgehead atoms. The quantitative estimate of drug-likeness (QED) is 0.608. The van der Waals surface area contributed by atoms with Crippen LogP contribution in [0.2, 0.25) is 0 Å². The van der Waals surface area contributed by atoms with Crippen molar-refractivity contribution >= 4 is 5.97 Å². The minimum absolute atomic E-state index is 0.102. The molecule has 2 aliphatic carbocycles. The third kappa shape index (κ3) is 0.795. The lowest BCUT2D eigenvalue weighted by atomic mass is 10.0. The molecular formula is C10H9NO2. The number of nitrogens with one attached hydrogen (secondary N) is 1. The van der Waals surface area contributed by atoms with Gasteiger partial charge in [0.15, 0.2) is 0 Å². The molecule has 0 aromatic carbocycles. The Labute approximate surface area is 75.4 Å². The van der Waals surface area contributed by atoms with Gasteiger partial charge in [0, 0.05) is 6.04 Å². The maximum Gasteiger partial charge on any atom is 0.312 e. The number of carboxylic acid groups (broad SMARTS) is 1. The molecule has 3 atom stereocenters. The van der Waals surface area contributed by atoms with E-state index in [0.29, 0.717) is 0 Å². The molecule has 1 fully saturated rings. The highest BCUT2D eigenvalue weighted by molar-refractivity contribution is 5.84. The second kappa shape index (κ2) is 2.12. The topological polar surface area (TPSA) is 49.3 Å². The van der Waals surface area contributed by atoms with E-state index in [0.717, 1.165) is 5.57 Å². The molecule has 3 heteroatoms. The molecule has 3 unspecified atom stereocenters. The molecule has 1 saturated carbocycles. The summed E-state index contributed by atoms with van der Waals surface area (Å²) in [6.07, 6.45) is 8.02. The summed E-state index contributed by atoms with van der Waals surface area (Å²) in [4.78, 5) is 10.7. The van der Waals surface area contributed by atoms with Gasteiger partial charge in [-0.05, 0) is 11.1 Å². The summed E-state index contributed by atoms with van der Waals surface area (Å²) >= 11 is 0. The summed E-state index contributed by atoms with van der Waals surface area (Å²) in [5, 5.41) is 12.1. The summed E-state index contributed by atoms with van der Waals surface area (Å²) in [5.74, 6) is -0.969. The Hall–Kier alpha value is -1.35. The monoisotopic (exact) mass is 175 g/mol. The highest BCUT2D eigenvalue weighted by atomic mass is 16.4. The minimum atomic E-state index is -0.707. The van der Waals surface area contributed by atoms with Crippen LogP contribution in [-0.4, -0.2) is 23.2 Å². The normalized spacial score (nSPS) is 38.9. The number of allylic oxidation sites excluding steroid dienone is 2. The van der Waals surface area contributed by atoms with E-state index in [-0.39, 0.29) is 18.0 Å². The van der Waals surface area contributed by atoms with E-state index in [4.69, 9.17) is 5.11 Å². The Kier molecular flexibility index (Phi) is 1.15. The zero-order valence-corrected chi connectivity index (χ0v) is 6.90. The predicted molar refractivity (Wildman–Crippen MR) is 47.1 cm³/mol. The molecule has 1 aliphatic heterocycles. The van der Waals surface area contributed by atoms with Gasteiger partial charge in [0.25, 0.3) is 0 Å². The fourth-order valence-electron chi connectivity index (χ4n) is 2.24. The number of aliphatic carboxylic acids is 1. The van der Waals surface area contributed by atoms with Crippen molar-refractivity contribution in [3.63, 3.8) is 0 Å². The first-order valence-electron chi connectivity index (χ1n) is 4.37. The average molecular weight is 175 g/mol. The van der Waals surface area contributed by atoms with Gasteiger partial charge in [-0.1, -0.05) is 24.3 Å². The fraction of sp³-hybridized carbons (Fsp3) is 0.300. The largest absolute Gasteiger partial charge is 0.481 e. The van der Waals surface area contributed by atoms with E-state index in [1.165, 1.54) is 5.57 Å². The maximum atomic E-state index is 10.7. The van der Waals surface area contributed by atoms with E-state index in [9.17, 15) is 4.79 Å². The second-order valence-electron chi connectivity index (χ2n) is 3.59. The third-order valence-electron chi connectivity index (χ3n) is 2.88. The lowest BCUT2D eigenvalue weighted by Gasteiger charge is -2.14. The molecule has 13 heavy (non-hydrogen) atoms. The zero-order chi connectivity index (χ0) is 9.00.